The Labute approximate surface area is 309 Å². The Morgan fingerprint density at radius 2 is 1.72 bits per heavy atom. The fourth-order valence-corrected chi connectivity index (χ4v) is 4.84. The lowest BCUT2D eigenvalue weighted by atomic mass is 10.1. The number of nitrogens with one attached hydrogen (secondary N) is 4. The Morgan fingerprint density at radius 3 is 2.37 bits per heavy atom. The molecule has 0 aliphatic heterocycles. The van der Waals surface area contributed by atoms with Gasteiger partial charge in [-0.3, -0.25) is 38.3 Å². The molecule has 0 aliphatic rings. The van der Waals surface area contributed by atoms with Crippen LogP contribution in [-0.4, -0.2) is 77.9 Å². The zero-order chi connectivity index (χ0) is 40.2. The molecule has 18 nitrogen and oxygen atoms in total. The molecule has 4 amide bonds. The van der Waals surface area contributed by atoms with Gasteiger partial charge in [0.15, 0.2) is 6.73 Å². The van der Waals surface area contributed by atoms with Crippen molar-refractivity contribution in [2.45, 2.75) is 78.5 Å². The summed E-state index contributed by atoms with van der Waals surface area (Å²) >= 11 is 0. The Hall–Kier alpha value is -5.85. The summed E-state index contributed by atoms with van der Waals surface area (Å²) in [6.45, 7) is 7.75. The lowest BCUT2D eigenvalue weighted by Gasteiger charge is -2.21. The minimum Gasteiger partial charge on any atom is -0.444 e. The number of aromatic amines is 1. The van der Waals surface area contributed by atoms with Gasteiger partial charge in [0.2, 0.25) is 23.5 Å². The number of H-pyrrole nitrogens is 1. The van der Waals surface area contributed by atoms with Gasteiger partial charge in [-0.05, 0) is 64.3 Å². The van der Waals surface area contributed by atoms with Crippen molar-refractivity contribution < 1.29 is 37.5 Å². The summed E-state index contributed by atoms with van der Waals surface area (Å²) in [4.78, 5) is 97.4. The van der Waals surface area contributed by atoms with Crippen LogP contribution in [0.1, 0.15) is 76.1 Å². The maximum absolute atomic E-state index is 13.0. The van der Waals surface area contributed by atoms with Crippen molar-refractivity contribution in [1.29, 1.82) is 0 Å². The number of nitrogens with zero attached hydrogens (tertiary/aromatic N) is 2. The number of fused-ring (bicyclic) bond motifs is 1. The summed E-state index contributed by atoms with van der Waals surface area (Å²) in [5.41, 5.74) is 8.79. The van der Waals surface area contributed by atoms with Crippen LogP contribution < -0.4 is 49.2 Å². The Balaban J connectivity index is 0.000000401. The van der Waals surface area contributed by atoms with E-state index < -0.39 is 59.2 Å². The Morgan fingerprint density at radius 1 is 1.00 bits per heavy atom. The van der Waals surface area contributed by atoms with E-state index in [1.807, 2.05) is 26.8 Å². The number of carbonyl (C=O) groups excluding carboxylic acids is 5. The first-order valence-corrected chi connectivity index (χ1v) is 17.6. The van der Waals surface area contributed by atoms with Crippen molar-refractivity contribution in [1.82, 2.24) is 25.5 Å². The van der Waals surface area contributed by atoms with E-state index in [4.69, 9.17) is 20.6 Å². The number of ether oxygens (including phenoxy) is 1. The van der Waals surface area contributed by atoms with Gasteiger partial charge in [-0.25, -0.2) is 9.59 Å². The van der Waals surface area contributed by atoms with Crippen LogP contribution >= 0.6 is 0 Å². The van der Waals surface area contributed by atoms with Gasteiger partial charge in [-0.15, -0.1) is 0 Å². The van der Waals surface area contributed by atoms with Gasteiger partial charge < -0.3 is 41.5 Å². The topological polar surface area (TPSA) is 271 Å². The van der Waals surface area contributed by atoms with Crippen LogP contribution in [0.2, 0.25) is 0 Å². The third-order valence-electron chi connectivity index (χ3n) is 7.84. The standard InChI is InChI=1S/C22H31N5O5.C13H18FN3O5/c1-3-27(4-2)15-9-8-14-11-16(22(31)32-18(14)12-15)20(29)26-17(7-5-6-10-23)21(30)25-13-19(24)28;1-2-3-6-15-10(18)4-5-11(19)22-8-17-7-9(14)12(20)16-13(17)21/h8-9,11-12,17H,3-7,10,13,23H2,1-2H3,(H2,24,28)(H,25,30)(H,26,29);7H,2-6,8H2,1H3,(H,15,18)(H,16,20,21). The number of aromatic nitrogens is 2. The highest BCUT2D eigenvalue weighted by atomic mass is 19.1. The third kappa shape index (κ3) is 14.6. The number of rotatable bonds is 20. The molecule has 8 N–H and O–H groups in total. The summed E-state index contributed by atoms with van der Waals surface area (Å²) in [5, 5.41) is 8.16. The maximum atomic E-state index is 13.0. The highest BCUT2D eigenvalue weighted by Gasteiger charge is 2.24. The largest absolute Gasteiger partial charge is 0.444 e. The molecule has 296 valence electrons. The number of anilines is 1. The molecule has 54 heavy (non-hydrogen) atoms. The fourth-order valence-electron chi connectivity index (χ4n) is 4.84. The van der Waals surface area contributed by atoms with Gasteiger partial charge in [-0.2, -0.15) is 4.39 Å². The summed E-state index contributed by atoms with van der Waals surface area (Å²) in [6, 6.07) is 5.93. The van der Waals surface area contributed by atoms with Crippen LogP contribution in [0.15, 0.2) is 49.3 Å². The Kier molecular flexibility index (Phi) is 18.8. The summed E-state index contributed by atoms with van der Waals surface area (Å²) in [6.07, 6.45) is 3.79. The first-order chi connectivity index (χ1) is 25.7. The quantitative estimate of drug-likeness (QED) is 0.0517. The van der Waals surface area contributed by atoms with Crippen LogP contribution in [0.4, 0.5) is 10.1 Å². The molecular formula is C35H49FN8O10. The number of unbranched alkanes of at least 4 members (excludes halogenated alkanes) is 2. The van der Waals surface area contributed by atoms with E-state index in [1.165, 1.54) is 6.07 Å². The molecule has 1 atom stereocenters. The lowest BCUT2D eigenvalue weighted by molar-refractivity contribution is -0.148. The SMILES string of the molecule is CCCCNC(=O)CCC(=O)OCn1cc(F)c(=O)[nH]c1=O.CCN(CC)c1ccc2cc(C(=O)NC(CCCCN)C(=O)NCC(N)=O)c(=O)oc2c1. The molecule has 2 aromatic heterocycles. The molecule has 2 heterocycles. The number of halogens is 1. The molecular weight excluding hydrogens is 711 g/mol. The summed E-state index contributed by atoms with van der Waals surface area (Å²) < 4.78 is 23.8. The first-order valence-electron chi connectivity index (χ1n) is 17.6. The van der Waals surface area contributed by atoms with Crippen molar-refractivity contribution in [3.63, 3.8) is 0 Å². The number of hydrogen-bond acceptors (Lipinski definition) is 12. The number of amides is 4. The lowest BCUT2D eigenvalue weighted by Crippen LogP contribution is -2.49. The van der Waals surface area contributed by atoms with Crippen LogP contribution in [0, 0.1) is 5.82 Å². The van der Waals surface area contributed by atoms with E-state index in [1.54, 1.807) is 17.1 Å². The van der Waals surface area contributed by atoms with Crippen molar-refractivity contribution in [3.05, 3.63) is 73.1 Å². The zero-order valence-electron chi connectivity index (χ0n) is 30.7. The van der Waals surface area contributed by atoms with Crippen LogP contribution in [-0.2, 0) is 30.6 Å². The molecule has 0 bridgehead atoms. The van der Waals surface area contributed by atoms with Crippen LogP contribution in [0.3, 0.4) is 0 Å². The number of primary amides is 1. The molecule has 0 radical (unpaired) electrons. The van der Waals surface area contributed by atoms with Gasteiger partial charge in [0, 0.05) is 43.2 Å². The smallest absolute Gasteiger partial charge is 0.349 e. The molecule has 1 aromatic carbocycles. The highest BCUT2D eigenvalue weighted by molar-refractivity contribution is 5.99. The normalized spacial score (nSPS) is 11.1. The van der Waals surface area contributed by atoms with Gasteiger partial charge in [0.25, 0.3) is 11.5 Å². The highest BCUT2D eigenvalue weighted by Crippen LogP contribution is 2.22. The van der Waals surface area contributed by atoms with Crippen molar-refractivity contribution >= 4 is 46.3 Å². The summed E-state index contributed by atoms with van der Waals surface area (Å²) in [5.74, 6) is -4.14. The monoisotopic (exact) mass is 760 g/mol. The Bertz CT molecular complexity index is 1920. The second-order valence-corrected chi connectivity index (χ2v) is 11.9. The van der Waals surface area contributed by atoms with Crippen molar-refractivity contribution in [2.75, 3.05) is 37.6 Å². The second kappa shape index (κ2) is 22.9. The van der Waals surface area contributed by atoms with Crippen molar-refractivity contribution in [2.24, 2.45) is 11.5 Å². The molecule has 1 unspecified atom stereocenters. The molecule has 19 heteroatoms. The predicted octanol–water partition coefficient (Wildman–Crippen LogP) is 0.341. The van der Waals surface area contributed by atoms with E-state index >= 15 is 0 Å². The molecule has 0 aliphatic carbocycles. The fraction of sp³-hybridized carbons (Fsp3) is 0.486. The van der Waals surface area contributed by atoms with Crippen molar-refractivity contribution in [3.8, 4) is 0 Å². The molecule has 0 saturated carbocycles. The van der Waals surface area contributed by atoms with Crippen LogP contribution in [0.25, 0.3) is 11.0 Å². The van der Waals surface area contributed by atoms with Crippen LogP contribution in [0.5, 0.6) is 0 Å². The summed E-state index contributed by atoms with van der Waals surface area (Å²) in [7, 11) is 0. The van der Waals surface area contributed by atoms with Gasteiger partial charge >= 0.3 is 17.3 Å². The molecule has 0 saturated heterocycles. The third-order valence-corrected chi connectivity index (χ3v) is 7.84. The molecule has 0 spiro atoms. The van der Waals surface area contributed by atoms with E-state index in [0.717, 1.165) is 31.6 Å². The van der Waals surface area contributed by atoms with Gasteiger partial charge in [0.1, 0.15) is 17.2 Å². The molecule has 0 fully saturated rings. The zero-order valence-corrected chi connectivity index (χ0v) is 30.7. The number of carbonyl (C=O) groups is 5. The predicted molar refractivity (Wildman–Crippen MR) is 197 cm³/mol. The second-order valence-electron chi connectivity index (χ2n) is 11.9. The van der Waals surface area contributed by atoms with E-state index in [-0.39, 0.29) is 30.9 Å². The number of benzene rings is 1. The van der Waals surface area contributed by atoms with Gasteiger partial charge in [-0.1, -0.05) is 13.3 Å². The number of hydrogen-bond donors (Lipinski definition) is 6. The molecule has 3 aromatic rings. The average molecular weight is 761 g/mol. The van der Waals surface area contributed by atoms with E-state index in [9.17, 15) is 42.7 Å². The van der Waals surface area contributed by atoms with Gasteiger partial charge in [0.05, 0.1) is 19.2 Å². The average Bonchev–Trinajstić information content (AvgIpc) is 3.14. The number of nitrogens with two attached hydrogens (primary N) is 2. The van der Waals surface area contributed by atoms with E-state index in [2.05, 4.69) is 20.9 Å². The van der Waals surface area contributed by atoms with E-state index in [0.29, 0.717) is 54.1 Å². The molecule has 3 rings (SSSR count). The minimum absolute atomic E-state index is 0.0303. The minimum atomic E-state index is -1.16. The number of esters is 1. The first kappa shape index (κ1) is 44.3. The maximum Gasteiger partial charge on any atom is 0.349 e.